The van der Waals surface area contributed by atoms with Crippen LogP contribution in [0.3, 0.4) is 0 Å². The molecule has 0 spiro atoms. The summed E-state index contributed by atoms with van der Waals surface area (Å²) in [5, 5.41) is 16.3. The first-order valence-electron chi connectivity index (χ1n) is 6.69. The summed E-state index contributed by atoms with van der Waals surface area (Å²) in [4.78, 5) is 23.5. The molecule has 0 aliphatic heterocycles. The Morgan fingerprint density at radius 1 is 1.39 bits per heavy atom. The molecule has 23 heavy (non-hydrogen) atoms. The number of hydrogen-bond donors (Lipinski definition) is 2. The predicted octanol–water partition coefficient (Wildman–Crippen LogP) is 2.62. The quantitative estimate of drug-likeness (QED) is 0.874. The van der Waals surface area contributed by atoms with E-state index >= 15 is 0 Å². The van der Waals surface area contributed by atoms with Crippen molar-refractivity contribution < 1.29 is 19.4 Å². The number of carboxylic acid groups (broad SMARTS) is 1. The van der Waals surface area contributed by atoms with E-state index in [2.05, 4.69) is 10.4 Å². The van der Waals surface area contributed by atoms with Crippen LogP contribution < -0.4 is 10.1 Å². The predicted molar refractivity (Wildman–Crippen MR) is 85.1 cm³/mol. The van der Waals surface area contributed by atoms with Crippen molar-refractivity contribution >= 4 is 29.2 Å². The Bertz CT molecular complexity index is 755. The van der Waals surface area contributed by atoms with Gasteiger partial charge in [0.2, 0.25) is 0 Å². The number of carbonyl (C=O) groups is 2. The molecule has 0 saturated carbocycles. The van der Waals surface area contributed by atoms with Crippen LogP contribution in [0.25, 0.3) is 0 Å². The highest BCUT2D eigenvalue weighted by molar-refractivity contribution is 6.31. The molecule has 2 aromatic rings. The lowest BCUT2D eigenvalue weighted by Gasteiger charge is -2.19. The fourth-order valence-corrected chi connectivity index (χ4v) is 2.00. The van der Waals surface area contributed by atoms with Crippen LogP contribution >= 0.6 is 11.6 Å². The third kappa shape index (κ3) is 3.45. The number of benzene rings is 1. The van der Waals surface area contributed by atoms with Gasteiger partial charge in [0.05, 0.1) is 24.6 Å². The average Bonchev–Trinajstić information content (AvgIpc) is 2.95. The van der Waals surface area contributed by atoms with E-state index in [1.807, 2.05) is 0 Å². The molecule has 2 N–H and O–H groups in total. The number of halogens is 1. The second kappa shape index (κ2) is 6.29. The number of nitrogens with zero attached hydrogens (tertiary/aromatic N) is 2. The maximum absolute atomic E-state index is 12.3. The van der Waals surface area contributed by atoms with E-state index in [-0.39, 0.29) is 0 Å². The summed E-state index contributed by atoms with van der Waals surface area (Å²) in [6, 6.07) is 4.66. The summed E-state index contributed by atoms with van der Waals surface area (Å²) >= 11 is 5.86. The van der Waals surface area contributed by atoms with E-state index < -0.39 is 17.4 Å². The maximum Gasteiger partial charge on any atom is 0.331 e. The maximum atomic E-state index is 12.3. The minimum Gasteiger partial charge on any atom is -0.496 e. The summed E-state index contributed by atoms with van der Waals surface area (Å²) < 4.78 is 6.40. The van der Waals surface area contributed by atoms with Crippen LogP contribution in [0.1, 0.15) is 24.2 Å². The number of carbonyl (C=O) groups excluding carboxylic acids is 1. The monoisotopic (exact) mass is 337 g/mol. The molecule has 1 aromatic carbocycles. The van der Waals surface area contributed by atoms with Crippen molar-refractivity contribution in [3.05, 3.63) is 41.2 Å². The lowest BCUT2D eigenvalue weighted by molar-refractivity contribution is -0.146. The Hall–Kier alpha value is -2.54. The van der Waals surface area contributed by atoms with E-state index in [1.165, 1.54) is 44.1 Å². The number of amides is 1. The van der Waals surface area contributed by atoms with Crippen LogP contribution in [0.4, 0.5) is 5.69 Å². The molecule has 8 heteroatoms. The molecule has 0 aliphatic rings. The molecule has 2 rings (SSSR count). The molecular formula is C15H16ClN3O4. The van der Waals surface area contributed by atoms with Gasteiger partial charge in [-0.1, -0.05) is 11.6 Å². The van der Waals surface area contributed by atoms with E-state index in [4.69, 9.17) is 16.3 Å². The zero-order valence-electron chi connectivity index (χ0n) is 12.8. The summed E-state index contributed by atoms with van der Waals surface area (Å²) in [6.45, 7) is 3.02. The largest absolute Gasteiger partial charge is 0.496 e. The first kappa shape index (κ1) is 16.8. The Morgan fingerprint density at radius 2 is 2.09 bits per heavy atom. The summed E-state index contributed by atoms with van der Waals surface area (Å²) in [6.07, 6.45) is 2.83. The lowest BCUT2D eigenvalue weighted by Crippen LogP contribution is -2.35. The van der Waals surface area contributed by atoms with Gasteiger partial charge in [-0.05, 0) is 32.0 Å². The number of methoxy groups -OCH3 is 1. The molecule has 0 unspecified atom stereocenters. The lowest BCUT2D eigenvalue weighted by atomic mass is 10.1. The molecule has 0 atom stereocenters. The topological polar surface area (TPSA) is 93.5 Å². The van der Waals surface area contributed by atoms with E-state index in [9.17, 15) is 14.7 Å². The van der Waals surface area contributed by atoms with Gasteiger partial charge in [-0.2, -0.15) is 5.10 Å². The summed E-state index contributed by atoms with van der Waals surface area (Å²) in [7, 11) is 1.44. The van der Waals surface area contributed by atoms with Crippen LogP contribution in [-0.2, 0) is 10.3 Å². The van der Waals surface area contributed by atoms with Crippen LogP contribution in [-0.4, -0.2) is 33.9 Å². The van der Waals surface area contributed by atoms with Crippen molar-refractivity contribution in [2.24, 2.45) is 0 Å². The van der Waals surface area contributed by atoms with Gasteiger partial charge >= 0.3 is 5.97 Å². The van der Waals surface area contributed by atoms with Crippen molar-refractivity contribution in [1.29, 1.82) is 0 Å². The van der Waals surface area contributed by atoms with Gasteiger partial charge < -0.3 is 15.2 Å². The fourth-order valence-electron chi connectivity index (χ4n) is 1.84. The second-order valence-electron chi connectivity index (χ2n) is 5.34. The zero-order valence-corrected chi connectivity index (χ0v) is 13.6. The van der Waals surface area contributed by atoms with Gasteiger partial charge in [-0.3, -0.25) is 9.48 Å². The van der Waals surface area contributed by atoms with Crippen LogP contribution in [0.15, 0.2) is 30.6 Å². The number of carboxylic acids is 1. The van der Waals surface area contributed by atoms with Crippen molar-refractivity contribution in [2.45, 2.75) is 19.4 Å². The van der Waals surface area contributed by atoms with Crippen molar-refractivity contribution in [1.82, 2.24) is 9.78 Å². The summed E-state index contributed by atoms with van der Waals surface area (Å²) in [5.41, 5.74) is -0.538. The molecule has 1 amide bonds. The third-order valence-electron chi connectivity index (χ3n) is 3.34. The molecule has 1 aromatic heterocycles. The molecule has 122 valence electrons. The standard InChI is InChI=1S/C15H16ClN3O4/c1-15(2,14(21)22)19-8-10(7-17-19)18-13(20)11-5-4-9(16)6-12(11)23-3/h4-8H,1-3H3,(H,18,20)(H,21,22). The Labute approximate surface area is 137 Å². The Balaban J connectivity index is 2.22. The third-order valence-corrected chi connectivity index (χ3v) is 3.58. The van der Waals surface area contributed by atoms with Gasteiger partial charge in [0.25, 0.3) is 5.91 Å². The molecular weight excluding hydrogens is 322 g/mol. The highest BCUT2D eigenvalue weighted by atomic mass is 35.5. The van der Waals surface area contributed by atoms with Crippen LogP contribution in [0.5, 0.6) is 5.75 Å². The van der Waals surface area contributed by atoms with Gasteiger partial charge in [0.1, 0.15) is 5.75 Å². The van der Waals surface area contributed by atoms with E-state index in [0.717, 1.165) is 0 Å². The molecule has 7 nitrogen and oxygen atoms in total. The number of aliphatic carboxylic acids is 1. The highest BCUT2D eigenvalue weighted by Gasteiger charge is 2.30. The molecule has 0 saturated heterocycles. The van der Waals surface area contributed by atoms with Gasteiger partial charge in [-0.15, -0.1) is 0 Å². The number of nitrogens with one attached hydrogen (secondary N) is 1. The van der Waals surface area contributed by atoms with Crippen LogP contribution in [0.2, 0.25) is 5.02 Å². The average molecular weight is 338 g/mol. The minimum absolute atomic E-state index is 0.308. The van der Waals surface area contributed by atoms with Gasteiger partial charge in [-0.25, -0.2) is 4.79 Å². The van der Waals surface area contributed by atoms with Gasteiger partial charge in [0.15, 0.2) is 5.54 Å². The van der Waals surface area contributed by atoms with E-state index in [0.29, 0.717) is 22.0 Å². The molecule has 0 bridgehead atoms. The molecule has 0 aliphatic carbocycles. The zero-order chi connectivity index (χ0) is 17.2. The Kier molecular flexibility index (Phi) is 4.60. The summed E-state index contributed by atoms with van der Waals surface area (Å²) in [5.74, 6) is -1.10. The second-order valence-corrected chi connectivity index (χ2v) is 5.77. The number of anilines is 1. The number of rotatable bonds is 5. The SMILES string of the molecule is COc1cc(Cl)ccc1C(=O)Nc1cnn(C(C)(C)C(=O)O)c1. The number of aromatic nitrogens is 2. The first-order chi connectivity index (χ1) is 10.8. The molecule has 0 fully saturated rings. The molecule has 0 radical (unpaired) electrons. The fraction of sp³-hybridized carbons (Fsp3) is 0.267. The van der Waals surface area contributed by atoms with Gasteiger partial charge in [0, 0.05) is 11.2 Å². The Morgan fingerprint density at radius 3 is 2.70 bits per heavy atom. The first-order valence-corrected chi connectivity index (χ1v) is 7.07. The van der Waals surface area contributed by atoms with Crippen molar-refractivity contribution in [3.8, 4) is 5.75 Å². The smallest absolute Gasteiger partial charge is 0.331 e. The molecule has 1 heterocycles. The number of ether oxygens (including phenoxy) is 1. The highest BCUT2D eigenvalue weighted by Crippen LogP contribution is 2.24. The van der Waals surface area contributed by atoms with Crippen molar-refractivity contribution in [2.75, 3.05) is 12.4 Å². The number of hydrogen-bond acceptors (Lipinski definition) is 4. The normalized spacial score (nSPS) is 11.1. The van der Waals surface area contributed by atoms with Crippen LogP contribution in [0, 0.1) is 0 Å². The minimum atomic E-state index is -1.22. The van der Waals surface area contributed by atoms with Crippen molar-refractivity contribution in [3.63, 3.8) is 0 Å². The van der Waals surface area contributed by atoms with E-state index in [1.54, 1.807) is 12.1 Å².